The maximum Gasteiger partial charge on any atom is 0.251 e. The lowest BCUT2D eigenvalue weighted by Gasteiger charge is -2.11. The molecule has 6 nitrogen and oxygen atoms in total. The van der Waals surface area contributed by atoms with Gasteiger partial charge in [-0.25, -0.2) is 9.97 Å². The molecular weight excluding hydrogens is 406 g/mol. The number of primary amides is 1. The van der Waals surface area contributed by atoms with Gasteiger partial charge >= 0.3 is 0 Å². The molecule has 0 saturated carbocycles. The Morgan fingerprint density at radius 3 is 2.90 bits per heavy atom. The van der Waals surface area contributed by atoms with Gasteiger partial charge in [0.1, 0.15) is 10.8 Å². The minimum absolute atomic E-state index is 0.421. The quantitative estimate of drug-likeness (QED) is 0.496. The number of carbonyl (C=O) groups excluding carboxylic acids is 1. The molecule has 3 heterocycles. The highest BCUT2D eigenvalue weighted by atomic mass is 35.5. The second-order valence-electron chi connectivity index (χ2n) is 6.85. The van der Waals surface area contributed by atoms with E-state index < -0.39 is 5.91 Å². The Hall–Kier alpha value is -3.03. The SMILES string of the molecule is NC(=O)c1c(Nc2nc(-c3cccnc3)nc3ccc(Cl)cc23)sc2c1CCC2. The van der Waals surface area contributed by atoms with E-state index in [-0.39, 0.29) is 0 Å². The summed E-state index contributed by atoms with van der Waals surface area (Å²) in [5.74, 6) is 0.703. The minimum Gasteiger partial charge on any atom is -0.365 e. The van der Waals surface area contributed by atoms with Crippen LogP contribution in [0.25, 0.3) is 22.3 Å². The van der Waals surface area contributed by atoms with E-state index in [2.05, 4.69) is 15.3 Å². The van der Waals surface area contributed by atoms with E-state index >= 15 is 0 Å². The number of hydrogen-bond donors (Lipinski definition) is 2. The number of nitrogens with one attached hydrogen (secondary N) is 1. The Kier molecular flexibility index (Phi) is 4.41. The minimum atomic E-state index is -0.421. The van der Waals surface area contributed by atoms with E-state index in [0.29, 0.717) is 22.2 Å². The summed E-state index contributed by atoms with van der Waals surface area (Å²) in [6.07, 6.45) is 6.33. The molecule has 0 aliphatic heterocycles. The summed E-state index contributed by atoms with van der Waals surface area (Å²) in [6.45, 7) is 0. The number of halogens is 1. The summed E-state index contributed by atoms with van der Waals surface area (Å²) in [7, 11) is 0. The largest absolute Gasteiger partial charge is 0.365 e. The van der Waals surface area contributed by atoms with Crippen molar-refractivity contribution in [3.63, 3.8) is 0 Å². The highest BCUT2D eigenvalue weighted by Gasteiger charge is 2.26. The van der Waals surface area contributed by atoms with Crippen LogP contribution in [0, 0.1) is 0 Å². The molecule has 8 heteroatoms. The van der Waals surface area contributed by atoms with E-state index in [9.17, 15) is 4.79 Å². The van der Waals surface area contributed by atoms with E-state index in [1.54, 1.807) is 29.8 Å². The second kappa shape index (κ2) is 7.09. The summed E-state index contributed by atoms with van der Waals surface area (Å²) < 4.78 is 0. The molecule has 5 rings (SSSR count). The van der Waals surface area contributed by atoms with Gasteiger partial charge in [-0.05, 0) is 55.2 Å². The number of pyridine rings is 1. The van der Waals surface area contributed by atoms with E-state index in [1.807, 2.05) is 24.3 Å². The monoisotopic (exact) mass is 421 g/mol. The van der Waals surface area contributed by atoms with Crippen LogP contribution in [0.4, 0.5) is 10.8 Å². The summed E-state index contributed by atoms with van der Waals surface area (Å²) in [4.78, 5) is 26.9. The van der Waals surface area contributed by atoms with Crippen molar-refractivity contribution in [1.82, 2.24) is 15.0 Å². The predicted octanol–water partition coefficient (Wildman–Crippen LogP) is 4.74. The third-order valence-electron chi connectivity index (χ3n) is 4.98. The van der Waals surface area contributed by atoms with Gasteiger partial charge in [-0.3, -0.25) is 9.78 Å². The Morgan fingerprint density at radius 2 is 2.10 bits per heavy atom. The maximum absolute atomic E-state index is 12.2. The number of carbonyl (C=O) groups is 1. The number of thiophene rings is 1. The fourth-order valence-corrected chi connectivity index (χ4v) is 5.15. The predicted molar refractivity (Wildman–Crippen MR) is 116 cm³/mol. The number of amides is 1. The number of aromatic nitrogens is 3. The van der Waals surface area contributed by atoms with Crippen LogP contribution in [0.1, 0.15) is 27.2 Å². The van der Waals surface area contributed by atoms with Crippen LogP contribution in [0.3, 0.4) is 0 Å². The van der Waals surface area contributed by atoms with Crippen LogP contribution in [-0.2, 0) is 12.8 Å². The van der Waals surface area contributed by atoms with Crippen LogP contribution in [0.15, 0.2) is 42.7 Å². The summed E-state index contributed by atoms with van der Waals surface area (Å²) in [5.41, 5.74) is 8.89. The van der Waals surface area contributed by atoms with Crippen LogP contribution >= 0.6 is 22.9 Å². The Bertz CT molecular complexity index is 1260. The number of nitrogens with two attached hydrogens (primary N) is 1. The molecule has 4 aromatic rings. The number of hydrogen-bond acceptors (Lipinski definition) is 6. The van der Waals surface area contributed by atoms with Crippen molar-refractivity contribution in [3.05, 3.63) is 63.8 Å². The molecule has 0 atom stereocenters. The van der Waals surface area contributed by atoms with Crippen LogP contribution in [0.5, 0.6) is 0 Å². The first-order valence-electron chi connectivity index (χ1n) is 9.19. The Labute approximate surface area is 175 Å². The van der Waals surface area contributed by atoms with Crippen molar-refractivity contribution in [1.29, 1.82) is 0 Å². The highest BCUT2D eigenvalue weighted by Crippen LogP contribution is 2.41. The van der Waals surface area contributed by atoms with Gasteiger partial charge in [-0.1, -0.05) is 11.6 Å². The summed E-state index contributed by atoms with van der Waals surface area (Å²) >= 11 is 7.80. The number of fused-ring (bicyclic) bond motifs is 2. The van der Waals surface area contributed by atoms with Crippen molar-refractivity contribution >= 4 is 50.6 Å². The third-order valence-corrected chi connectivity index (χ3v) is 6.42. The van der Waals surface area contributed by atoms with E-state index in [4.69, 9.17) is 22.3 Å². The second-order valence-corrected chi connectivity index (χ2v) is 8.39. The molecule has 1 amide bonds. The number of rotatable bonds is 4. The lowest BCUT2D eigenvalue weighted by molar-refractivity contribution is 0.100. The number of nitrogens with zero attached hydrogens (tertiary/aromatic N) is 3. The molecule has 3 aromatic heterocycles. The molecule has 0 unspecified atom stereocenters. The first-order chi connectivity index (χ1) is 14.1. The molecule has 3 N–H and O–H groups in total. The molecule has 0 bridgehead atoms. The van der Waals surface area contributed by atoms with Gasteiger partial charge in [-0.15, -0.1) is 11.3 Å². The number of benzene rings is 1. The zero-order chi connectivity index (χ0) is 20.0. The first-order valence-corrected chi connectivity index (χ1v) is 10.4. The van der Waals surface area contributed by atoms with Gasteiger partial charge in [-0.2, -0.15) is 0 Å². The van der Waals surface area contributed by atoms with Crippen LogP contribution < -0.4 is 11.1 Å². The van der Waals surface area contributed by atoms with Gasteiger partial charge in [0.2, 0.25) is 0 Å². The average Bonchev–Trinajstić information content (AvgIpc) is 3.29. The first kappa shape index (κ1) is 18.0. The lowest BCUT2D eigenvalue weighted by Crippen LogP contribution is -2.14. The average molecular weight is 422 g/mol. The lowest BCUT2D eigenvalue weighted by atomic mass is 10.1. The Balaban J connectivity index is 1.68. The maximum atomic E-state index is 12.2. The molecule has 0 radical (unpaired) electrons. The van der Waals surface area contributed by atoms with Gasteiger partial charge in [0, 0.05) is 33.2 Å². The molecule has 0 saturated heterocycles. The molecule has 29 heavy (non-hydrogen) atoms. The van der Waals surface area contributed by atoms with Crippen molar-refractivity contribution in [2.24, 2.45) is 5.73 Å². The number of aryl methyl sites for hydroxylation is 1. The van der Waals surface area contributed by atoms with Gasteiger partial charge in [0.25, 0.3) is 5.91 Å². The normalized spacial score (nSPS) is 12.9. The highest BCUT2D eigenvalue weighted by molar-refractivity contribution is 7.16. The van der Waals surface area contributed by atoms with E-state index in [1.165, 1.54) is 4.88 Å². The summed E-state index contributed by atoms with van der Waals surface area (Å²) in [5, 5.41) is 5.43. The van der Waals surface area contributed by atoms with E-state index in [0.717, 1.165) is 46.3 Å². The van der Waals surface area contributed by atoms with Crippen molar-refractivity contribution in [2.45, 2.75) is 19.3 Å². The fourth-order valence-electron chi connectivity index (χ4n) is 3.68. The standard InChI is InChI=1S/C21H16ClN5OS/c22-12-6-7-15-14(9-12)20(26-19(25-15)11-3-2-8-24-10-11)27-21-17(18(23)28)13-4-1-5-16(13)29-21/h2-3,6-10H,1,4-5H2,(H2,23,28)(H,25,26,27). The fraction of sp³-hybridized carbons (Fsp3) is 0.143. The molecule has 1 aliphatic rings. The third kappa shape index (κ3) is 3.22. The Morgan fingerprint density at radius 1 is 1.21 bits per heavy atom. The van der Waals surface area contributed by atoms with Crippen LogP contribution in [0.2, 0.25) is 5.02 Å². The molecule has 1 aliphatic carbocycles. The summed E-state index contributed by atoms with van der Waals surface area (Å²) in [6, 6.07) is 9.21. The number of anilines is 2. The van der Waals surface area contributed by atoms with Crippen molar-refractivity contribution in [3.8, 4) is 11.4 Å². The molecule has 0 fully saturated rings. The van der Waals surface area contributed by atoms with Crippen LogP contribution in [-0.4, -0.2) is 20.9 Å². The molecule has 1 aromatic carbocycles. The smallest absolute Gasteiger partial charge is 0.251 e. The zero-order valence-electron chi connectivity index (χ0n) is 15.3. The molecule has 144 valence electrons. The van der Waals surface area contributed by atoms with Crippen molar-refractivity contribution < 1.29 is 4.79 Å². The molecule has 0 spiro atoms. The topological polar surface area (TPSA) is 93.8 Å². The zero-order valence-corrected chi connectivity index (χ0v) is 16.8. The van der Waals surface area contributed by atoms with Crippen molar-refractivity contribution in [2.75, 3.05) is 5.32 Å². The van der Waals surface area contributed by atoms with Gasteiger partial charge in [0.05, 0.1) is 11.1 Å². The van der Waals surface area contributed by atoms with Gasteiger partial charge < -0.3 is 11.1 Å². The van der Waals surface area contributed by atoms with Gasteiger partial charge in [0.15, 0.2) is 5.82 Å². The molecular formula is C21H16ClN5OS.